The highest BCUT2D eigenvalue weighted by Crippen LogP contribution is 2.22. The minimum atomic E-state index is -0.257. The number of benzene rings is 1. The molecule has 0 fully saturated rings. The molecule has 1 aromatic carbocycles. The zero-order valence-corrected chi connectivity index (χ0v) is 14.1. The van der Waals surface area contributed by atoms with E-state index < -0.39 is 0 Å². The molecule has 24 heavy (non-hydrogen) atoms. The van der Waals surface area contributed by atoms with Gasteiger partial charge in [-0.2, -0.15) is 5.10 Å². The van der Waals surface area contributed by atoms with E-state index in [-0.39, 0.29) is 11.8 Å². The van der Waals surface area contributed by atoms with Crippen molar-refractivity contribution in [1.82, 2.24) is 14.8 Å². The molecule has 2 aromatic heterocycles. The second-order valence-electron chi connectivity index (χ2n) is 5.55. The maximum atomic E-state index is 12.3. The van der Waals surface area contributed by atoms with E-state index in [9.17, 15) is 4.79 Å². The monoisotopic (exact) mass is 344 g/mol. The standard InChI is InChI=1S/C17H17ClN4O2/c1-11(9-22-10-13(18)7-20-22)17(23)21-14-5-12-3-4-15(24-2)6-16(12)19-8-14/h3-8,10-11H,9H2,1-2H3,(H,21,23). The van der Waals surface area contributed by atoms with Crippen LogP contribution in [0.1, 0.15) is 6.92 Å². The third-order valence-electron chi connectivity index (χ3n) is 3.67. The summed E-state index contributed by atoms with van der Waals surface area (Å²) in [5.41, 5.74) is 1.47. The van der Waals surface area contributed by atoms with Gasteiger partial charge in [0.1, 0.15) is 5.75 Å². The number of methoxy groups -OCH3 is 1. The molecule has 7 heteroatoms. The van der Waals surface area contributed by atoms with Crippen LogP contribution in [0, 0.1) is 5.92 Å². The predicted octanol–water partition coefficient (Wildman–Crippen LogP) is 3.37. The highest BCUT2D eigenvalue weighted by atomic mass is 35.5. The number of hydrogen-bond acceptors (Lipinski definition) is 4. The molecule has 0 aliphatic carbocycles. The highest BCUT2D eigenvalue weighted by Gasteiger charge is 2.15. The molecule has 1 atom stereocenters. The lowest BCUT2D eigenvalue weighted by molar-refractivity contribution is -0.119. The second kappa shape index (κ2) is 6.88. The summed E-state index contributed by atoms with van der Waals surface area (Å²) >= 11 is 5.83. The fourth-order valence-electron chi connectivity index (χ4n) is 2.36. The van der Waals surface area contributed by atoms with Crippen molar-refractivity contribution in [3.8, 4) is 5.75 Å². The number of nitrogens with zero attached hydrogens (tertiary/aromatic N) is 3. The number of ether oxygens (including phenoxy) is 1. The van der Waals surface area contributed by atoms with Crippen LogP contribution < -0.4 is 10.1 Å². The van der Waals surface area contributed by atoms with Crippen molar-refractivity contribution in [2.75, 3.05) is 12.4 Å². The van der Waals surface area contributed by atoms with E-state index in [1.807, 2.05) is 31.2 Å². The quantitative estimate of drug-likeness (QED) is 0.770. The van der Waals surface area contributed by atoms with Gasteiger partial charge in [-0.05, 0) is 18.2 Å². The van der Waals surface area contributed by atoms with Crippen LogP contribution in [0.15, 0.2) is 42.9 Å². The smallest absolute Gasteiger partial charge is 0.229 e. The summed E-state index contributed by atoms with van der Waals surface area (Å²) < 4.78 is 6.83. The van der Waals surface area contributed by atoms with Gasteiger partial charge in [-0.25, -0.2) is 0 Å². The zero-order valence-electron chi connectivity index (χ0n) is 13.4. The summed E-state index contributed by atoms with van der Waals surface area (Å²) in [6.07, 6.45) is 4.88. The summed E-state index contributed by atoms with van der Waals surface area (Å²) in [5, 5.41) is 8.45. The molecule has 0 aliphatic heterocycles. The second-order valence-corrected chi connectivity index (χ2v) is 5.99. The Kier molecular flexibility index (Phi) is 4.66. The molecule has 0 bridgehead atoms. The molecule has 1 unspecified atom stereocenters. The molecule has 2 heterocycles. The van der Waals surface area contributed by atoms with Gasteiger partial charge in [0.05, 0.1) is 48.2 Å². The van der Waals surface area contributed by atoms with Gasteiger partial charge in [0.2, 0.25) is 5.91 Å². The maximum absolute atomic E-state index is 12.3. The van der Waals surface area contributed by atoms with Gasteiger partial charge < -0.3 is 10.1 Å². The summed E-state index contributed by atoms with van der Waals surface area (Å²) in [5.74, 6) is 0.391. The van der Waals surface area contributed by atoms with Crippen molar-refractivity contribution in [3.63, 3.8) is 0 Å². The van der Waals surface area contributed by atoms with Crippen molar-refractivity contribution < 1.29 is 9.53 Å². The largest absolute Gasteiger partial charge is 0.497 e. The Balaban J connectivity index is 1.70. The Labute approximate surface area is 144 Å². The van der Waals surface area contributed by atoms with Gasteiger partial charge in [0, 0.05) is 17.6 Å². The fourth-order valence-corrected chi connectivity index (χ4v) is 2.52. The molecule has 1 amide bonds. The summed E-state index contributed by atoms with van der Waals surface area (Å²) in [6, 6.07) is 7.51. The van der Waals surface area contributed by atoms with Crippen LogP contribution in [0.5, 0.6) is 5.75 Å². The Morgan fingerprint density at radius 2 is 2.21 bits per heavy atom. The number of hydrogen-bond donors (Lipinski definition) is 1. The van der Waals surface area contributed by atoms with Gasteiger partial charge in [-0.15, -0.1) is 0 Å². The normalized spacial score (nSPS) is 12.1. The van der Waals surface area contributed by atoms with Gasteiger partial charge in [0.25, 0.3) is 0 Å². The Hall–Kier alpha value is -2.60. The number of fused-ring (bicyclic) bond motifs is 1. The first kappa shape index (κ1) is 16.3. The minimum absolute atomic E-state index is 0.101. The van der Waals surface area contributed by atoms with Crippen LogP contribution >= 0.6 is 11.6 Å². The van der Waals surface area contributed by atoms with Crippen LogP contribution in [0.3, 0.4) is 0 Å². The third-order valence-corrected chi connectivity index (χ3v) is 3.86. The number of aromatic nitrogens is 3. The number of nitrogens with one attached hydrogen (secondary N) is 1. The molecule has 3 rings (SSSR count). The van der Waals surface area contributed by atoms with E-state index in [0.717, 1.165) is 16.7 Å². The lowest BCUT2D eigenvalue weighted by Crippen LogP contribution is -2.24. The van der Waals surface area contributed by atoms with E-state index in [0.29, 0.717) is 17.3 Å². The average Bonchev–Trinajstić information content (AvgIpc) is 2.99. The molecule has 3 aromatic rings. The molecule has 0 radical (unpaired) electrons. The lowest BCUT2D eigenvalue weighted by atomic mass is 10.1. The highest BCUT2D eigenvalue weighted by molar-refractivity contribution is 6.30. The number of pyridine rings is 1. The van der Waals surface area contributed by atoms with E-state index in [1.54, 1.807) is 30.4 Å². The maximum Gasteiger partial charge on any atom is 0.229 e. The molecule has 0 saturated heterocycles. The lowest BCUT2D eigenvalue weighted by Gasteiger charge is -2.12. The van der Waals surface area contributed by atoms with Crippen LogP contribution in [-0.2, 0) is 11.3 Å². The van der Waals surface area contributed by atoms with Crippen LogP contribution in [0.2, 0.25) is 5.02 Å². The molecule has 0 aliphatic rings. The topological polar surface area (TPSA) is 69.0 Å². The molecule has 124 valence electrons. The number of carbonyl (C=O) groups is 1. The SMILES string of the molecule is COc1ccc2cc(NC(=O)C(C)Cn3cc(Cl)cn3)cnc2c1. The summed E-state index contributed by atoms with van der Waals surface area (Å²) in [6.45, 7) is 2.29. The summed E-state index contributed by atoms with van der Waals surface area (Å²) in [7, 11) is 1.62. The van der Waals surface area contributed by atoms with Crippen molar-refractivity contribution in [2.45, 2.75) is 13.5 Å². The van der Waals surface area contributed by atoms with Crippen molar-refractivity contribution >= 4 is 34.1 Å². The first-order valence-corrected chi connectivity index (χ1v) is 7.85. The van der Waals surface area contributed by atoms with E-state index in [1.165, 1.54) is 0 Å². The Bertz CT molecular complexity index is 878. The zero-order chi connectivity index (χ0) is 17.1. The minimum Gasteiger partial charge on any atom is -0.497 e. The number of halogens is 1. The summed E-state index contributed by atoms with van der Waals surface area (Å²) in [4.78, 5) is 16.7. The van der Waals surface area contributed by atoms with E-state index in [2.05, 4.69) is 15.4 Å². The van der Waals surface area contributed by atoms with Crippen LogP contribution in [0.4, 0.5) is 5.69 Å². The van der Waals surface area contributed by atoms with Gasteiger partial charge in [0.15, 0.2) is 0 Å². The van der Waals surface area contributed by atoms with Crippen LogP contribution in [0.25, 0.3) is 10.9 Å². The average molecular weight is 345 g/mol. The van der Waals surface area contributed by atoms with Crippen LogP contribution in [-0.4, -0.2) is 27.8 Å². The fraction of sp³-hybridized carbons (Fsp3) is 0.235. The molecule has 1 N–H and O–H groups in total. The number of carbonyl (C=O) groups excluding carboxylic acids is 1. The van der Waals surface area contributed by atoms with Crippen molar-refractivity contribution in [1.29, 1.82) is 0 Å². The first-order valence-electron chi connectivity index (χ1n) is 7.48. The van der Waals surface area contributed by atoms with Gasteiger partial charge in [-0.3, -0.25) is 14.5 Å². The molecule has 6 nitrogen and oxygen atoms in total. The van der Waals surface area contributed by atoms with Gasteiger partial charge in [-0.1, -0.05) is 18.5 Å². The first-order chi connectivity index (χ1) is 11.5. The molecular weight excluding hydrogens is 328 g/mol. The van der Waals surface area contributed by atoms with E-state index >= 15 is 0 Å². The Morgan fingerprint density at radius 1 is 1.38 bits per heavy atom. The van der Waals surface area contributed by atoms with Crippen molar-refractivity contribution in [2.24, 2.45) is 5.92 Å². The Morgan fingerprint density at radius 3 is 2.92 bits per heavy atom. The predicted molar refractivity (Wildman–Crippen MR) is 93.3 cm³/mol. The number of amides is 1. The molecule has 0 spiro atoms. The number of rotatable bonds is 5. The third kappa shape index (κ3) is 3.65. The van der Waals surface area contributed by atoms with E-state index in [4.69, 9.17) is 16.3 Å². The van der Waals surface area contributed by atoms with Crippen molar-refractivity contribution in [3.05, 3.63) is 47.9 Å². The van der Waals surface area contributed by atoms with Gasteiger partial charge >= 0.3 is 0 Å². The molecular formula is C17H17ClN4O2. The number of anilines is 1. The molecule has 0 saturated carbocycles.